The van der Waals surface area contributed by atoms with Crippen LogP contribution in [0.15, 0.2) is 36.4 Å². The number of benzene rings is 2. The number of hydrogen-bond donors (Lipinski definition) is 3. The van der Waals surface area contributed by atoms with E-state index in [9.17, 15) is 18.4 Å². The highest BCUT2D eigenvalue weighted by Crippen LogP contribution is 2.41. The van der Waals surface area contributed by atoms with E-state index >= 15 is 0 Å². The minimum atomic E-state index is -1.13. The summed E-state index contributed by atoms with van der Waals surface area (Å²) in [4.78, 5) is 26.1. The quantitative estimate of drug-likeness (QED) is 0.304. The van der Waals surface area contributed by atoms with Gasteiger partial charge in [-0.1, -0.05) is 32.4 Å². The van der Waals surface area contributed by atoms with E-state index in [4.69, 9.17) is 21.4 Å². The predicted molar refractivity (Wildman–Crippen MR) is 142 cm³/mol. The largest absolute Gasteiger partial charge is 0.482 e. The first-order chi connectivity index (χ1) is 17.5. The summed E-state index contributed by atoms with van der Waals surface area (Å²) in [5.41, 5.74) is 0.739. The monoisotopic (exact) mass is 537 g/mol. The lowest BCUT2D eigenvalue weighted by atomic mass is 9.74. The number of aliphatic carboxylic acids is 1. The van der Waals surface area contributed by atoms with Crippen LogP contribution < -0.4 is 20.3 Å². The normalized spacial score (nSPS) is 19.4. The highest BCUT2D eigenvalue weighted by atomic mass is 35.5. The topological polar surface area (TPSA) is 90.9 Å². The van der Waals surface area contributed by atoms with E-state index in [0.717, 1.165) is 37.4 Å². The fourth-order valence-corrected chi connectivity index (χ4v) is 4.71. The Morgan fingerprint density at radius 1 is 1.16 bits per heavy atom. The van der Waals surface area contributed by atoms with Crippen LogP contribution in [0.25, 0.3) is 0 Å². The molecule has 0 aromatic heterocycles. The minimum absolute atomic E-state index is 0.0430. The van der Waals surface area contributed by atoms with Gasteiger partial charge in [0.1, 0.15) is 11.6 Å². The van der Waals surface area contributed by atoms with Crippen LogP contribution in [-0.2, 0) is 4.79 Å². The number of carboxylic acids is 1. The Morgan fingerprint density at radius 2 is 1.84 bits per heavy atom. The summed E-state index contributed by atoms with van der Waals surface area (Å²) in [5, 5.41) is 14.4. The van der Waals surface area contributed by atoms with Crippen LogP contribution in [0.2, 0.25) is 5.02 Å². The first-order valence-corrected chi connectivity index (χ1v) is 12.7. The molecule has 1 fully saturated rings. The molecule has 10 heteroatoms. The zero-order valence-corrected chi connectivity index (χ0v) is 22.1. The summed E-state index contributed by atoms with van der Waals surface area (Å²) in [6.07, 6.45) is 3.10. The van der Waals surface area contributed by atoms with E-state index in [-0.39, 0.29) is 34.6 Å². The molecule has 0 saturated heterocycles. The average molecular weight is 538 g/mol. The van der Waals surface area contributed by atoms with Crippen molar-refractivity contribution in [1.29, 1.82) is 0 Å². The second-order valence-corrected chi connectivity index (χ2v) is 10.7. The van der Waals surface area contributed by atoms with Gasteiger partial charge in [-0.15, -0.1) is 0 Å². The number of nitrogens with one attached hydrogen (secondary N) is 2. The lowest BCUT2D eigenvalue weighted by Gasteiger charge is -2.43. The predicted octanol–water partition coefficient (Wildman–Crippen LogP) is 6.97. The molecule has 2 aromatic rings. The Labute approximate surface area is 221 Å². The molecule has 1 saturated carbocycles. The summed E-state index contributed by atoms with van der Waals surface area (Å²) in [7, 11) is 0. The molecule has 0 spiro atoms. The first kappa shape index (κ1) is 28.5. The van der Waals surface area contributed by atoms with Gasteiger partial charge in [0, 0.05) is 23.7 Å². The van der Waals surface area contributed by atoms with Crippen molar-refractivity contribution in [2.75, 3.05) is 35.4 Å². The molecule has 0 radical (unpaired) electrons. The summed E-state index contributed by atoms with van der Waals surface area (Å²) in [5.74, 6) is -1.26. The number of amides is 2. The van der Waals surface area contributed by atoms with Crippen LogP contribution in [0.5, 0.6) is 5.75 Å². The molecule has 0 heterocycles. The second-order valence-electron chi connectivity index (χ2n) is 10.3. The molecule has 3 N–H and O–H groups in total. The molecule has 0 bridgehead atoms. The maximum absolute atomic E-state index is 14.2. The molecule has 37 heavy (non-hydrogen) atoms. The maximum atomic E-state index is 14.2. The van der Waals surface area contributed by atoms with Gasteiger partial charge in [0.05, 0.1) is 23.7 Å². The SMILES string of the molecule is CC(C)CN(c1ccc(OCC(=O)O)cc1NC(=O)Nc1ccc(Cl)cc1F)C1CCC(C)(CF)CC1. The van der Waals surface area contributed by atoms with Crippen molar-refractivity contribution < 1.29 is 28.2 Å². The molecule has 3 rings (SSSR count). The number of alkyl halides is 1. The van der Waals surface area contributed by atoms with Crippen LogP contribution >= 0.6 is 11.6 Å². The van der Waals surface area contributed by atoms with Crippen LogP contribution in [0.3, 0.4) is 0 Å². The summed E-state index contributed by atoms with van der Waals surface area (Å²) >= 11 is 5.80. The standard InChI is InChI=1S/C27H34ClF2N3O4/c1-17(2)14-33(19-8-10-27(3,16-29)11-9-19)24-7-5-20(37-15-25(34)35)13-23(24)32-26(36)31-22-6-4-18(28)12-21(22)30/h4-7,12-13,17,19H,8-11,14-16H2,1-3H3,(H,34,35)(H2,31,32,36). The zero-order chi connectivity index (χ0) is 27.2. The molecule has 7 nitrogen and oxygen atoms in total. The fourth-order valence-electron chi connectivity index (χ4n) is 4.55. The van der Waals surface area contributed by atoms with Crippen LogP contribution in [-0.4, -0.2) is 43.0 Å². The summed E-state index contributed by atoms with van der Waals surface area (Å²) in [6.45, 7) is 5.95. The Kier molecular flexibility index (Phi) is 9.59. The fraction of sp³-hybridized carbons (Fsp3) is 0.481. The molecular formula is C27H34ClF2N3O4. The summed E-state index contributed by atoms with van der Waals surface area (Å²) < 4.78 is 33.2. The van der Waals surface area contributed by atoms with Gasteiger partial charge in [-0.05, 0) is 67.3 Å². The molecule has 1 aliphatic rings. The molecule has 2 aromatic carbocycles. The van der Waals surface area contributed by atoms with E-state index in [1.165, 1.54) is 12.1 Å². The van der Waals surface area contributed by atoms with Crippen molar-refractivity contribution in [2.24, 2.45) is 11.3 Å². The van der Waals surface area contributed by atoms with Crippen molar-refractivity contribution in [2.45, 2.75) is 52.5 Å². The Bertz CT molecular complexity index is 1110. The minimum Gasteiger partial charge on any atom is -0.482 e. The number of ether oxygens (including phenoxy) is 1. The summed E-state index contributed by atoms with van der Waals surface area (Å²) in [6, 6.07) is 8.35. The van der Waals surface area contributed by atoms with E-state index in [1.807, 2.05) is 6.92 Å². The highest BCUT2D eigenvalue weighted by molar-refractivity contribution is 6.30. The van der Waals surface area contributed by atoms with Gasteiger partial charge in [-0.25, -0.2) is 14.0 Å². The number of carbonyl (C=O) groups excluding carboxylic acids is 1. The number of hydrogen-bond acceptors (Lipinski definition) is 4. The first-order valence-electron chi connectivity index (χ1n) is 12.3. The molecule has 0 aliphatic heterocycles. The highest BCUT2D eigenvalue weighted by Gasteiger charge is 2.34. The number of rotatable bonds is 10. The molecule has 202 valence electrons. The molecule has 2 amide bonds. The lowest BCUT2D eigenvalue weighted by molar-refractivity contribution is -0.139. The van der Waals surface area contributed by atoms with Gasteiger partial charge < -0.3 is 25.4 Å². The maximum Gasteiger partial charge on any atom is 0.341 e. The van der Waals surface area contributed by atoms with Crippen molar-refractivity contribution in [1.82, 2.24) is 0 Å². The van der Waals surface area contributed by atoms with Crippen molar-refractivity contribution in [3.63, 3.8) is 0 Å². The van der Waals surface area contributed by atoms with Gasteiger partial charge in [0.25, 0.3) is 0 Å². The number of carboxylic acid groups (broad SMARTS) is 1. The van der Waals surface area contributed by atoms with Crippen molar-refractivity contribution >= 4 is 40.7 Å². The average Bonchev–Trinajstić information content (AvgIpc) is 2.84. The molecule has 0 unspecified atom stereocenters. The van der Waals surface area contributed by atoms with E-state index < -0.39 is 24.4 Å². The van der Waals surface area contributed by atoms with Crippen molar-refractivity contribution in [3.05, 3.63) is 47.2 Å². The van der Waals surface area contributed by atoms with E-state index in [0.29, 0.717) is 18.2 Å². The number of anilines is 3. The Morgan fingerprint density at radius 3 is 2.43 bits per heavy atom. The van der Waals surface area contributed by atoms with Crippen LogP contribution in [0.4, 0.5) is 30.6 Å². The van der Waals surface area contributed by atoms with Gasteiger partial charge in [-0.3, -0.25) is 4.39 Å². The van der Waals surface area contributed by atoms with Crippen LogP contribution in [0, 0.1) is 17.2 Å². The number of urea groups is 1. The number of nitrogens with zero attached hydrogens (tertiary/aromatic N) is 1. The third kappa shape index (κ3) is 7.95. The number of carbonyl (C=O) groups is 2. The Hall–Kier alpha value is -3.07. The van der Waals surface area contributed by atoms with E-state index in [2.05, 4.69) is 29.4 Å². The second kappa shape index (κ2) is 12.4. The third-order valence-corrected chi connectivity index (χ3v) is 6.79. The van der Waals surface area contributed by atoms with Crippen molar-refractivity contribution in [3.8, 4) is 5.75 Å². The Balaban J connectivity index is 1.91. The third-order valence-electron chi connectivity index (χ3n) is 6.55. The van der Waals surface area contributed by atoms with Gasteiger partial charge in [0.2, 0.25) is 0 Å². The van der Waals surface area contributed by atoms with Gasteiger partial charge >= 0.3 is 12.0 Å². The van der Waals surface area contributed by atoms with Gasteiger partial charge in [-0.2, -0.15) is 0 Å². The smallest absolute Gasteiger partial charge is 0.341 e. The molecule has 1 aliphatic carbocycles. The number of halogens is 3. The van der Waals surface area contributed by atoms with Crippen LogP contribution in [0.1, 0.15) is 46.5 Å². The molecular weight excluding hydrogens is 504 g/mol. The van der Waals surface area contributed by atoms with Gasteiger partial charge in [0.15, 0.2) is 6.61 Å². The molecule has 0 atom stereocenters. The zero-order valence-electron chi connectivity index (χ0n) is 21.3. The lowest BCUT2D eigenvalue weighted by Crippen LogP contribution is -2.43. The van der Waals surface area contributed by atoms with E-state index in [1.54, 1.807) is 18.2 Å².